The highest BCUT2D eigenvalue weighted by atomic mass is 127. The van der Waals surface area contributed by atoms with Gasteiger partial charge in [-0.25, -0.2) is 9.97 Å². The number of nitrogens with zero attached hydrogens (tertiary/aromatic N) is 2. The van der Waals surface area contributed by atoms with E-state index in [1.165, 1.54) is 0 Å². The van der Waals surface area contributed by atoms with E-state index in [1.54, 1.807) is 7.11 Å². The lowest BCUT2D eigenvalue weighted by molar-refractivity contribution is 0.00857. The number of rotatable bonds is 4. The van der Waals surface area contributed by atoms with Gasteiger partial charge in [0.2, 0.25) is 0 Å². The highest BCUT2D eigenvalue weighted by Gasteiger charge is 2.29. The summed E-state index contributed by atoms with van der Waals surface area (Å²) in [5.41, 5.74) is 6.97. The van der Waals surface area contributed by atoms with Crippen LogP contribution in [-0.2, 0) is 11.2 Å². The maximum absolute atomic E-state index is 6.02. The van der Waals surface area contributed by atoms with E-state index in [0.717, 1.165) is 15.7 Å². The molecule has 0 aliphatic carbocycles. The summed E-state index contributed by atoms with van der Waals surface area (Å²) in [6.07, 6.45) is 0.746. The minimum absolute atomic E-state index is 0.0664. The maximum Gasteiger partial charge on any atom is 0.160 e. The Hall–Kier alpha value is -0.430. The molecule has 0 saturated carbocycles. The molecule has 1 aromatic heterocycles. The first-order valence-corrected chi connectivity index (χ1v) is 7.59. The summed E-state index contributed by atoms with van der Waals surface area (Å²) in [5.74, 6) is 1.77. The van der Waals surface area contributed by atoms with E-state index in [9.17, 15) is 0 Å². The van der Waals surface area contributed by atoms with Gasteiger partial charge in [-0.3, -0.25) is 0 Å². The maximum atomic E-state index is 6.02. The third kappa shape index (κ3) is 4.27. The van der Waals surface area contributed by atoms with Gasteiger partial charge in [-0.1, -0.05) is 34.6 Å². The van der Waals surface area contributed by atoms with Crippen LogP contribution in [0.4, 0.5) is 5.82 Å². The molecular weight excluding hydrogens is 353 g/mol. The van der Waals surface area contributed by atoms with Crippen molar-refractivity contribution in [2.45, 2.75) is 47.1 Å². The Morgan fingerprint density at radius 1 is 1.26 bits per heavy atom. The zero-order chi connectivity index (χ0) is 14.8. The topological polar surface area (TPSA) is 61.0 Å². The number of anilines is 1. The minimum Gasteiger partial charge on any atom is -0.383 e. The van der Waals surface area contributed by atoms with Gasteiger partial charge in [-0.15, -0.1) is 0 Å². The van der Waals surface area contributed by atoms with Crippen LogP contribution in [0.2, 0.25) is 0 Å². The highest BCUT2D eigenvalue weighted by molar-refractivity contribution is 14.1. The first-order valence-electron chi connectivity index (χ1n) is 6.51. The Morgan fingerprint density at radius 2 is 1.84 bits per heavy atom. The van der Waals surface area contributed by atoms with Crippen molar-refractivity contribution < 1.29 is 4.74 Å². The van der Waals surface area contributed by atoms with Crippen molar-refractivity contribution in [1.82, 2.24) is 9.97 Å². The van der Waals surface area contributed by atoms with E-state index >= 15 is 0 Å². The molecule has 108 valence electrons. The molecule has 19 heavy (non-hydrogen) atoms. The predicted octanol–water partition coefficient (Wildman–Crippen LogP) is 3.60. The molecule has 1 heterocycles. The largest absolute Gasteiger partial charge is 0.383 e. The molecule has 0 aromatic carbocycles. The second-order valence-corrected chi connectivity index (χ2v) is 7.39. The van der Waals surface area contributed by atoms with E-state index in [-0.39, 0.29) is 11.5 Å². The van der Waals surface area contributed by atoms with Gasteiger partial charge < -0.3 is 10.5 Å². The summed E-state index contributed by atoms with van der Waals surface area (Å²) in [4.78, 5) is 9.10. The average Bonchev–Trinajstić information content (AvgIpc) is 2.23. The fraction of sp³-hybridized carbons (Fsp3) is 0.714. The van der Waals surface area contributed by atoms with E-state index in [4.69, 9.17) is 10.5 Å². The van der Waals surface area contributed by atoms with Crippen LogP contribution in [0.25, 0.3) is 0 Å². The number of aromatic nitrogens is 2. The molecule has 0 radical (unpaired) electrons. The molecule has 0 fully saturated rings. The fourth-order valence-electron chi connectivity index (χ4n) is 2.02. The van der Waals surface area contributed by atoms with Crippen LogP contribution in [0.15, 0.2) is 0 Å². The van der Waals surface area contributed by atoms with Gasteiger partial charge in [0.15, 0.2) is 5.82 Å². The second-order valence-electron chi connectivity index (χ2n) is 6.31. The molecule has 1 aromatic rings. The first kappa shape index (κ1) is 16.6. The summed E-state index contributed by atoms with van der Waals surface area (Å²) < 4.78 is 6.53. The van der Waals surface area contributed by atoms with Crippen LogP contribution in [-0.4, -0.2) is 17.1 Å². The zero-order valence-corrected chi connectivity index (χ0v) is 14.8. The molecule has 2 N–H and O–H groups in total. The van der Waals surface area contributed by atoms with Crippen molar-refractivity contribution in [3.63, 3.8) is 0 Å². The Bertz CT molecular complexity index is 441. The molecule has 0 bridgehead atoms. The Balaban J connectivity index is 3.26. The smallest absolute Gasteiger partial charge is 0.160 e. The lowest BCUT2D eigenvalue weighted by Gasteiger charge is -2.28. The van der Waals surface area contributed by atoms with Crippen LogP contribution in [0.5, 0.6) is 0 Å². The van der Waals surface area contributed by atoms with Gasteiger partial charge in [0.05, 0.1) is 9.26 Å². The zero-order valence-electron chi connectivity index (χ0n) is 12.6. The van der Waals surface area contributed by atoms with Crippen molar-refractivity contribution >= 4 is 28.4 Å². The summed E-state index contributed by atoms with van der Waals surface area (Å²) >= 11 is 2.22. The number of methoxy groups -OCH3 is 1. The average molecular weight is 377 g/mol. The molecule has 1 atom stereocenters. The van der Waals surface area contributed by atoms with Gasteiger partial charge in [0.1, 0.15) is 11.9 Å². The molecule has 0 amide bonds. The summed E-state index contributed by atoms with van der Waals surface area (Å²) in [6, 6.07) is 0. The fourth-order valence-corrected chi connectivity index (χ4v) is 2.48. The van der Waals surface area contributed by atoms with E-state index < -0.39 is 0 Å². The van der Waals surface area contributed by atoms with Crippen LogP contribution < -0.4 is 5.73 Å². The lowest BCUT2D eigenvalue weighted by atomic mass is 9.88. The lowest BCUT2D eigenvalue weighted by Crippen LogP contribution is -2.24. The van der Waals surface area contributed by atoms with Gasteiger partial charge in [0, 0.05) is 7.11 Å². The predicted molar refractivity (Wildman–Crippen MR) is 86.9 cm³/mol. The van der Waals surface area contributed by atoms with E-state index in [1.807, 2.05) is 0 Å². The number of nitrogens with two attached hydrogens (primary N) is 1. The SMILES string of the molecule is COC(c1nc(N)c(I)c(CC(C)C)n1)C(C)(C)C. The van der Waals surface area contributed by atoms with Gasteiger partial charge in [0.25, 0.3) is 0 Å². The van der Waals surface area contributed by atoms with Gasteiger partial charge in [-0.2, -0.15) is 0 Å². The molecule has 1 unspecified atom stereocenters. The molecule has 1 rings (SSSR count). The number of hydrogen-bond acceptors (Lipinski definition) is 4. The molecule has 5 heteroatoms. The van der Waals surface area contributed by atoms with E-state index in [0.29, 0.717) is 17.6 Å². The van der Waals surface area contributed by atoms with Crippen molar-refractivity contribution in [2.75, 3.05) is 12.8 Å². The van der Waals surface area contributed by atoms with Crippen LogP contribution in [0, 0.1) is 14.9 Å². The molecule has 0 aliphatic heterocycles. The molecule has 4 nitrogen and oxygen atoms in total. The quantitative estimate of drug-likeness (QED) is 0.815. The van der Waals surface area contributed by atoms with E-state index in [2.05, 4.69) is 67.2 Å². The molecular formula is C14H24IN3O. The van der Waals surface area contributed by atoms with Crippen molar-refractivity contribution in [2.24, 2.45) is 11.3 Å². The number of nitrogen functional groups attached to an aromatic ring is 1. The standard InChI is InChI=1S/C14H24IN3O/c1-8(2)7-9-10(15)12(16)18-13(17-9)11(19-6)14(3,4)5/h8,11H,7H2,1-6H3,(H2,16,17,18). The van der Waals surface area contributed by atoms with Crippen molar-refractivity contribution in [3.8, 4) is 0 Å². The number of halogens is 1. The third-order valence-electron chi connectivity index (χ3n) is 2.82. The number of ether oxygens (including phenoxy) is 1. The van der Waals surface area contributed by atoms with Crippen molar-refractivity contribution in [1.29, 1.82) is 0 Å². The monoisotopic (exact) mass is 377 g/mol. The Labute approximate surface area is 129 Å². The van der Waals surface area contributed by atoms with Crippen LogP contribution >= 0.6 is 22.6 Å². The molecule has 0 spiro atoms. The first-order chi connectivity index (χ1) is 8.66. The third-order valence-corrected chi connectivity index (χ3v) is 4.00. The molecule has 0 saturated heterocycles. The Morgan fingerprint density at radius 3 is 2.26 bits per heavy atom. The second kappa shape index (κ2) is 6.35. The number of hydrogen-bond donors (Lipinski definition) is 1. The summed E-state index contributed by atoms with van der Waals surface area (Å²) in [5, 5.41) is 0. The van der Waals surface area contributed by atoms with Gasteiger partial charge in [-0.05, 0) is 40.3 Å². The summed E-state index contributed by atoms with van der Waals surface area (Å²) in [6.45, 7) is 10.7. The van der Waals surface area contributed by atoms with Gasteiger partial charge >= 0.3 is 0 Å². The van der Waals surface area contributed by atoms with Crippen molar-refractivity contribution in [3.05, 3.63) is 15.1 Å². The minimum atomic E-state index is -0.155. The highest BCUT2D eigenvalue weighted by Crippen LogP contribution is 2.35. The van der Waals surface area contributed by atoms with Crippen LogP contribution in [0.1, 0.15) is 52.2 Å². The molecule has 0 aliphatic rings. The Kier molecular flexibility index (Phi) is 5.55. The summed E-state index contributed by atoms with van der Waals surface area (Å²) in [7, 11) is 1.69. The van der Waals surface area contributed by atoms with Crippen LogP contribution in [0.3, 0.4) is 0 Å². The normalized spacial score (nSPS) is 13.9.